The number of nitriles is 1. The molecule has 2 bridgehead atoms. The molecule has 2 aliphatic heterocycles. The second kappa shape index (κ2) is 6.66. The van der Waals surface area contributed by atoms with Crippen LogP contribution in [0.4, 0.5) is 0 Å². The van der Waals surface area contributed by atoms with E-state index in [9.17, 15) is 18.8 Å². The molecule has 0 spiro atoms. The second-order valence-corrected chi connectivity index (χ2v) is 9.96. The minimum absolute atomic E-state index is 0.204. The molecular formula is C21H21NO4S. The maximum absolute atomic E-state index is 12.3. The van der Waals surface area contributed by atoms with Gasteiger partial charge in [-0.25, -0.2) is 8.42 Å². The molecule has 1 N–H and O–H groups in total. The first-order valence-corrected chi connectivity index (χ1v) is 10.7. The van der Waals surface area contributed by atoms with E-state index < -0.39 is 25.9 Å². The molecule has 0 amide bonds. The first kappa shape index (κ1) is 18.0. The summed E-state index contributed by atoms with van der Waals surface area (Å²) < 4.78 is 30.5. The van der Waals surface area contributed by atoms with Crippen molar-refractivity contribution in [3.8, 4) is 11.8 Å². The highest BCUT2D eigenvalue weighted by Crippen LogP contribution is 2.48. The van der Waals surface area contributed by atoms with Crippen LogP contribution in [-0.4, -0.2) is 24.0 Å². The minimum atomic E-state index is -3.12. The molecule has 2 unspecified atom stereocenters. The van der Waals surface area contributed by atoms with Gasteiger partial charge in [0.15, 0.2) is 9.84 Å². The van der Waals surface area contributed by atoms with Crippen molar-refractivity contribution < 1.29 is 18.3 Å². The Bertz CT molecular complexity index is 975. The van der Waals surface area contributed by atoms with Gasteiger partial charge in [-0.1, -0.05) is 36.4 Å². The van der Waals surface area contributed by atoms with Gasteiger partial charge in [0, 0.05) is 0 Å². The fourth-order valence-corrected chi connectivity index (χ4v) is 6.73. The third-order valence-electron chi connectivity index (χ3n) is 5.75. The lowest BCUT2D eigenvalue weighted by Crippen LogP contribution is -2.43. The zero-order chi connectivity index (χ0) is 19.1. The monoisotopic (exact) mass is 383 g/mol. The van der Waals surface area contributed by atoms with Crippen LogP contribution in [0.3, 0.4) is 0 Å². The van der Waals surface area contributed by atoms with E-state index in [0.29, 0.717) is 36.3 Å². The van der Waals surface area contributed by atoms with E-state index in [2.05, 4.69) is 6.07 Å². The predicted molar refractivity (Wildman–Crippen MR) is 101 cm³/mol. The van der Waals surface area contributed by atoms with Crippen molar-refractivity contribution in [2.75, 3.05) is 0 Å². The van der Waals surface area contributed by atoms with Gasteiger partial charge in [-0.15, -0.1) is 0 Å². The summed E-state index contributed by atoms with van der Waals surface area (Å²) in [6.07, 6.45) is 1.64. The summed E-state index contributed by atoms with van der Waals surface area (Å²) in [7, 11) is -3.12. The van der Waals surface area contributed by atoms with Crippen molar-refractivity contribution in [3.63, 3.8) is 0 Å². The van der Waals surface area contributed by atoms with Gasteiger partial charge < -0.3 is 9.84 Å². The predicted octanol–water partition coefficient (Wildman–Crippen LogP) is 3.06. The summed E-state index contributed by atoms with van der Waals surface area (Å²) >= 11 is 0. The number of sulfone groups is 1. The highest BCUT2D eigenvalue weighted by molar-refractivity contribution is 7.93. The van der Waals surface area contributed by atoms with E-state index >= 15 is 0 Å². The molecule has 2 atom stereocenters. The Balaban J connectivity index is 1.62. The number of aliphatic hydroxyl groups is 1. The van der Waals surface area contributed by atoms with Crippen molar-refractivity contribution in [2.24, 2.45) is 0 Å². The smallest absolute Gasteiger partial charge is 0.156 e. The second-order valence-electron chi connectivity index (χ2n) is 7.45. The van der Waals surface area contributed by atoms with Crippen molar-refractivity contribution in [3.05, 3.63) is 65.2 Å². The Morgan fingerprint density at radius 3 is 2.41 bits per heavy atom. The van der Waals surface area contributed by atoms with Crippen LogP contribution in [0.1, 0.15) is 42.4 Å². The molecule has 2 aromatic carbocycles. The van der Waals surface area contributed by atoms with Crippen LogP contribution in [0.25, 0.3) is 0 Å². The molecule has 0 saturated carbocycles. The number of benzene rings is 2. The highest BCUT2D eigenvalue weighted by Gasteiger charge is 2.53. The maximum atomic E-state index is 12.3. The minimum Gasteiger partial charge on any atom is -0.488 e. The molecular weight excluding hydrogens is 362 g/mol. The molecule has 2 fully saturated rings. The van der Waals surface area contributed by atoms with E-state index in [-0.39, 0.29) is 12.8 Å². The summed E-state index contributed by atoms with van der Waals surface area (Å²) in [5.41, 5.74) is 0.795. The number of rotatable bonds is 4. The van der Waals surface area contributed by atoms with E-state index in [1.165, 1.54) is 0 Å². The molecule has 27 heavy (non-hydrogen) atoms. The van der Waals surface area contributed by atoms with E-state index in [4.69, 9.17) is 4.74 Å². The van der Waals surface area contributed by atoms with Crippen LogP contribution >= 0.6 is 0 Å². The number of nitrogens with zero attached hydrogens (tertiary/aromatic N) is 1. The van der Waals surface area contributed by atoms with Crippen LogP contribution < -0.4 is 4.74 Å². The first-order chi connectivity index (χ1) is 12.9. The number of ether oxygens (including phenoxy) is 1. The third kappa shape index (κ3) is 3.22. The maximum Gasteiger partial charge on any atom is 0.156 e. The lowest BCUT2D eigenvalue weighted by atomic mass is 9.85. The fraction of sp³-hybridized carbons (Fsp3) is 0.381. The lowest BCUT2D eigenvalue weighted by molar-refractivity contribution is 0.0171. The Morgan fingerprint density at radius 2 is 1.78 bits per heavy atom. The highest BCUT2D eigenvalue weighted by atomic mass is 32.2. The van der Waals surface area contributed by atoms with Gasteiger partial charge in [-0.2, -0.15) is 5.26 Å². The molecule has 4 rings (SSSR count). The van der Waals surface area contributed by atoms with Crippen LogP contribution in [0.2, 0.25) is 0 Å². The van der Waals surface area contributed by atoms with Crippen molar-refractivity contribution >= 4 is 9.84 Å². The van der Waals surface area contributed by atoms with Gasteiger partial charge in [0.2, 0.25) is 0 Å². The van der Waals surface area contributed by atoms with E-state index in [1.54, 1.807) is 18.2 Å². The van der Waals surface area contributed by atoms with Gasteiger partial charge in [0.25, 0.3) is 0 Å². The average molecular weight is 383 g/mol. The Morgan fingerprint density at radius 1 is 1.11 bits per heavy atom. The molecule has 140 valence electrons. The summed E-state index contributed by atoms with van der Waals surface area (Å²) in [4.78, 5) is 0. The van der Waals surface area contributed by atoms with Gasteiger partial charge in [-0.3, -0.25) is 0 Å². The molecule has 5 nitrogen and oxygen atoms in total. The Labute approximate surface area is 159 Å². The van der Waals surface area contributed by atoms with Crippen molar-refractivity contribution in [1.29, 1.82) is 5.26 Å². The standard InChI is InChI=1S/C21H21NO4S/c22-13-16-6-7-17(10-20(16)26-14-15-4-2-1-3-5-15)21(23)11-18-8-9-19(12-21)27(18,24)25/h1-7,10,18-19,23H,8-9,11-12,14H2. The van der Waals surface area contributed by atoms with Crippen molar-refractivity contribution in [2.45, 2.75) is 48.4 Å². The molecule has 2 heterocycles. The molecule has 0 aromatic heterocycles. The topological polar surface area (TPSA) is 87.4 Å². The zero-order valence-electron chi connectivity index (χ0n) is 14.8. The quantitative estimate of drug-likeness (QED) is 0.877. The Kier molecular flexibility index (Phi) is 4.45. The summed E-state index contributed by atoms with van der Waals surface area (Å²) in [5.74, 6) is 0.410. The molecule has 2 aromatic rings. The molecule has 0 aliphatic carbocycles. The normalized spacial score (nSPS) is 28.4. The van der Waals surface area contributed by atoms with Gasteiger partial charge in [-0.05, 0) is 48.9 Å². The van der Waals surface area contributed by atoms with Gasteiger partial charge >= 0.3 is 0 Å². The Hall–Kier alpha value is -2.36. The zero-order valence-corrected chi connectivity index (χ0v) is 15.7. The molecule has 6 heteroatoms. The first-order valence-electron chi connectivity index (χ1n) is 9.09. The van der Waals surface area contributed by atoms with Crippen LogP contribution in [0, 0.1) is 11.3 Å². The number of hydrogen-bond acceptors (Lipinski definition) is 5. The van der Waals surface area contributed by atoms with Crippen LogP contribution in [0.5, 0.6) is 5.75 Å². The third-order valence-corrected chi connectivity index (χ3v) is 8.41. The fourth-order valence-electron chi connectivity index (χ4n) is 4.24. The summed E-state index contributed by atoms with van der Waals surface area (Å²) in [6.45, 7) is 0.316. The molecule has 2 aliphatic rings. The summed E-state index contributed by atoms with van der Waals surface area (Å²) in [5, 5.41) is 19.6. The summed E-state index contributed by atoms with van der Waals surface area (Å²) in [6, 6.07) is 16.8. The van der Waals surface area contributed by atoms with Crippen LogP contribution in [-0.2, 0) is 22.0 Å². The van der Waals surface area contributed by atoms with Crippen LogP contribution in [0.15, 0.2) is 48.5 Å². The van der Waals surface area contributed by atoms with E-state index in [1.807, 2.05) is 30.3 Å². The lowest BCUT2D eigenvalue weighted by Gasteiger charge is -2.36. The number of hydrogen-bond donors (Lipinski definition) is 1. The average Bonchev–Trinajstić information content (AvgIpc) is 2.84. The van der Waals surface area contributed by atoms with Crippen molar-refractivity contribution in [1.82, 2.24) is 0 Å². The number of fused-ring (bicyclic) bond motifs is 2. The molecule has 0 radical (unpaired) electrons. The van der Waals surface area contributed by atoms with Gasteiger partial charge in [0.05, 0.1) is 21.7 Å². The largest absolute Gasteiger partial charge is 0.488 e. The van der Waals surface area contributed by atoms with E-state index in [0.717, 1.165) is 5.56 Å². The van der Waals surface area contributed by atoms with Gasteiger partial charge in [0.1, 0.15) is 18.4 Å². The SMILES string of the molecule is N#Cc1ccc(C2(O)CC3CCC(C2)S3(=O)=O)cc1OCc1ccccc1. The molecule has 2 saturated heterocycles.